The quantitative estimate of drug-likeness (QED) is 0.0571. The molecule has 1 aromatic rings. The molecule has 0 atom stereocenters. The molecule has 1 heterocycles. The number of hydrogen-bond donors (Lipinski definition) is 0. The minimum atomic E-state index is 1.21. The molecule has 0 N–H and O–H groups in total. The molecule has 0 aromatic carbocycles. The predicted octanol–water partition coefficient (Wildman–Crippen LogP) is 13.8. The lowest BCUT2D eigenvalue weighted by Gasteiger charge is -2.07. The first-order valence-corrected chi connectivity index (χ1v) is 19.8. The van der Waals surface area contributed by atoms with Gasteiger partial charge < -0.3 is 0 Å². The van der Waals surface area contributed by atoms with E-state index in [1.54, 1.807) is 11.1 Å². The van der Waals surface area contributed by atoms with E-state index in [0.29, 0.717) is 0 Å². The van der Waals surface area contributed by atoms with Gasteiger partial charge in [0.1, 0.15) is 6.54 Å². The van der Waals surface area contributed by atoms with Crippen molar-refractivity contribution in [2.45, 2.75) is 233 Å². The van der Waals surface area contributed by atoms with Crippen LogP contribution in [0.5, 0.6) is 0 Å². The lowest BCUT2D eigenvalue weighted by molar-refractivity contribution is -0.698. The van der Waals surface area contributed by atoms with E-state index < -0.39 is 0 Å². The molecule has 0 saturated heterocycles. The van der Waals surface area contributed by atoms with E-state index in [0.717, 1.165) is 0 Å². The zero-order chi connectivity index (χ0) is 30.2. The van der Waals surface area contributed by atoms with Gasteiger partial charge in [0.25, 0.3) is 0 Å². The molecule has 1 heteroatoms. The Hall–Kier alpha value is -0.850. The average molecular weight is 585 g/mol. The van der Waals surface area contributed by atoms with Gasteiger partial charge in [-0.2, -0.15) is 0 Å². The smallest absolute Gasteiger partial charge is 0.171 e. The van der Waals surface area contributed by atoms with Crippen molar-refractivity contribution in [2.24, 2.45) is 0 Å². The summed E-state index contributed by atoms with van der Waals surface area (Å²) < 4.78 is 2.56. The molecule has 0 saturated carbocycles. The molecule has 0 fully saturated rings. The Kier molecular flexibility index (Phi) is 29.4. The maximum Gasteiger partial charge on any atom is 0.171 e. The van der Waals surface area contributed by atoms with Crippen LogP contribution in [-0.2, 0) is 19.4 Å². The summed E-state index contributed by atoms with van der Waals surface area (Å²) in [6, 6.07) is 2.56. The van der Waals surface area contributed by atoms with E-state index >= 15 is 0 Å². The molecule has 246 valence electrons. The van der Waals surface area contributed by atoms with Gasteiger partial charge >= 0.3 is 0 Å². The number of unbranched alkanes of at least 4 members (excludes halogenated alkanes) is 27. The van der Waals surface area contributed by atoms with Crippen molar-refractivity contribution >= 4 is 0 Å². The largest absolute Gasteiger partial charge is 0.205 e. The molecule has 0 aliphatic heterocycles. The van der Waals surface area contributed by atoms with Crippen LogP contribution in [0.3, 0.4) is 0 Å². The van der Waals surface area contributed by atoms with Crippen molar-refractivity contribution in [1.29, 1.82) is 0 Å². The molecular formula is C41H78N+. The van der Waals surface area contributed by atoms with Crippen LogP contribution in [0.25, 0.3) is 0 Å². The Bertz CT molecular complexity index is 619. The first-order valence-electron chi connectivity index (χ1n) is 19.8. The van der Waals surface area contributed by atoms with Crippen LogP contribution in [0.2, 0.25) is 0 Å². The van der Waals surface area contributed by atoms with Crippen molar-refractivity contribution in [3.05, 3.63) is 29.6 Å². The van der Waals surface area contributed by atoms with Crippen molar-refractivity contribution < 1.29 is 4.57 Å². The highest BCUT2D eigenvalue weighted by Gasteiger charge is 2.09. The summed E-state index contributed by atoms with van der Waals surface area (Å²) in [7, 11) is 0. The standard InChI is InChI=1S/C41H78N/c1-4-7-10-13-16-18-20-22-24-26-28-31-34-40-37-41(39-42(38-40)36-33-30-15-12-9-6-3)35-32-29-27-25-23-21-19-17-14-11-8-5-2/h37-39H,4-36H2,1-3H3/q+1. The molecule has 42 heavy (non-hydrogen) atoms. The Morgan fingerprint density at radius 1 is 0.333 bits per heavy atom. The minimum absolute atomic E-state index is 1.21. The van der Waals surface area contributed by atoms with E-state index in [9.17, 15) is 0 Å². The fourth-order valence-corrected chi connectivity index (χ4v) is 6.59. The van der Waals surface area contributed by atoms with E-state index in [2.05, 4.69) is 43.8 Å². The van der Waals surface area contributed by atoms with Crippen molar-refractivity contribution in [2.75, 3.05) is 0 Å². The van der Waals surface area contributed by atoms with E-state index in [4.69, 9.17) is 0 Å². The summed E-state index contributed by atoms with van der Waals surface area (Å²) in [5, 5.41) is 0. The summed E-state index contributed by atoms with van der Waals surface area (Å²) in [6.07, 6.45) is 50.4. The second-order valence-corrected chi connectivity index (χ2v) is 13.8. The molecule has 0 radical (unpaired) electrons. The third-order valence-corrected chi connectivity index (χ3v) is 9.44. The molecular weight excluding hydrogens is 506 g/mol. The SMILES string of the molecule is CCCCCCCCCCCCCCc1cc(CCCCCCCCCCCCCC)c[n+](CCCCCCCC)c1. The highest BCUT2D eigenvalue weighted by Crippen LogP contribution is 2.16. The van der Waals surface area contributed by atoms with Gasteiger partial charge in [-0.15, -0.1) is 0 Å². The minimum Gasteiger partial charge on any atom is -0.205 e. The number of aryl methyl sites for hydroxylation is 3. The number of nitrogens with zero attached hydrogens (tertiary/aromatic N) is 1. The summed E-state index contributed by atoms with van der Waals surface area (Å²) in [4.78, 5) is 0. The number of pyridine rings is 1. The Labute approximate surface area is 266 Å². The third-order valence-electron chi connectivity index (χ3n) is 9.44. The number of rotatable bonds is 33. The van der Waals surface area contributed by atoms with Gasteiger partial charge in [-0.3, -0.25) is 0 Å². The molecule has 0 aliphatic rings. The Morgan fingerprint density at radius 2 is 0.595 bits per heavy atom. The molecule has 1 nitrogen and oxygen atoms in total. The van der Waals surface area contributed by atoms with Gasteiger partial charge in [-0.05, 0) is 38.2 Å². The van der Waals surface area contributed by atoms with E-state index in [1.165, 1.54) is 212 Å². The van der Waals surface area contributed by atoms with E-state index in [1.807, 2.05) is 0 Å². The van der Waals surface area contributed by atoms with Crippen LogP contribution in [0.15, 0.2) is 18.5 Å². The van der Waals surface area contributed by atoms with Crippen molar-refractivity contribution in [3.8, 4) is 0 Å². The fourth-order valence-electron chi connectivity index (χ4n) is 6.59. The van der Waals surface area contributed by atoms with Crippen LogP contribution in [-0.4, -0.2) is 0 Å². The fraction of sp³-hybridized carbons (Fsp3) is 0.878. The normalized spacial score (nSPS) is 11.5. The first kappa shape index (κ1) is 39.2. The highest BCUT2D eigenvalue weighted by atomic mass is 14.9. The maximum absolute atomic E-state index is 2.56. The monoisotopic (exact) mass is 585 g/mol. The second-order valence-electron chi connectivity index (χ2n) is 13.8. The number of hydrogen-bond acceptors (Lipinski definition) is 0. The number of aromatic nitrogens is 1. The zero-order valence-electron chi connectivity index (χ0n) is 29.5. The predicted molar refractivity (Wildman–Crippen MR) is 190 cm³/mol. The van der Waals surface area contributed by atoms with Crippen LogP contribution in [0.4, 0.5) is 0 Å². The van der Waals surface area contributed by atoms with Crippen LogP contribution in [0.1, 0.15) is 225 Å². The molecule has 0 aliphatic carbocycles. The topological polar surface area (TPSA) is 3.88 Å². The van der Waals surface area contributed by atoms with Crippen molar-refractivity contribution in [3.63, 3.8) is 0 Å². The summed E-state index contributed by atoms with van der Waals surface area (Å²) in [6.45, 7) is 8.15. The van der Waals surface area contributed by atoms with Gasteiger partial charge in [-0.1, -0.05) is 188 Å². The Morgan fingerprint density at radius 3 is 0.905 bits per heavy atom. The lowest BCUT2D eigenvalue weighted by Crippen LogP contribution is -2.34. The first-order chi connectivity index (χ1) is 20.8. The van der Waals surface area contributed by atoms with E-state index in [-0.39, 0.29) is 0 Å². The molecule has 0 unspecified atom stereocenters. The lowest BCUT2D eigenvalue weighted by atomic mass is 10.0. The van der Waals surface area contributed by atoms with Crippen LogP contribution >= 0.6 is 0 Å². The zero-order valence-corrected chi connectivity index (χ0v) is 29.5. The summed E-state index contributed by atoms with van der Waals surface area (Å²) in [5.74, 6) is 0. The summed E-state index contributed by atoms with van der Waals surface area (Å²) >= 11 is 0. The van der Waals surface area contributed by atoms with Gasteiger partial charge in [-0.25, -0.2) is 4.57 Å². The third kappa shape index (κ3) is 25.6. The van der Waals surface area contributed by atoms with Crippen LogP contribution < -0.4 is 4.57 Å². The second kappa shape index (κ2) is 31.6. The van der Waals surface area contributed by atoms with Gasteiger partial charge in [0, 0.05) is 17.5 Å². The molecule has 1 rings (SSSR count). The van der Waals surface area contributed by atoms with Gasteiger partial charge in [0.05, 0.1) is 0 Å². The molecule has 0 spiro atoms. The molecule has 1 aromatic heterocycles. The average Bonchev–Trinajstić information content (AvgIpc) is 3.00. The molecule has 0 amide bonds. The van der Waals surface area contributed by atoms with Gasteiger partial charge in [0.15, 0.2) is 12.4 Å². The maximum atomic E-state index is 2.56. The highest BCUT2D eigenvalue weighted by molar-refractivity contribution is 5.15. The molecule has 0 bridgehead atoms. The van der Waals surface area contributed by atoms with Gasteiger partial charge in [0.2, 0.25) is 0 Å². The Balaban J connectivity index is 2.29. The van der Waals surface area contributed by atoms with Crippen LogP contribution in [0, 0.1) is 0 Å². The van der Waals surface area contributed by atoms with Crippen molar-refractivity contribution in [1.82, 2.24) is 0 Å². The summed E-state index contributed by atoms with van der Waals surface area (Å²) in [5.41, 5.74) is 3.20.